The van der Waals surface area contributed by atoms with Gasteiger partial charge < -0.3 is 5.11 Å². The van der Waals surface area contributed by atoms with Gasteiger partial charge in [-0.15, -0.1) is 0 Å². The van der Waals surface area contributed by atoms with E-state index < -0.39 is 0 Å². The van der Waals surface area contributed by atoms with Gasteiger partial charge in [-0.2, -0.15) is 0 Å². The van der Waals surface area contributed by atoms with E-state index in [0.29, 0.717) is 10.5 Å². The average molecular weight is 437 g/mol. The molecule has 116 valence electrons. The van der Waals surface area contributed by atoms with Gasteiger partial charge in [0.25, 0.3) is 11.1 Å². The fourth-order valence-corrected chi connectivity index (χ4v) is 3.37. The highest BCUT2D eigenvalue weighted by atomic mass is 127. The molecule has 3 rings (SSSR count). The first-order valence-electron chi connectivity index (χ1n) is 6.82. The number of nitrogens with zero attached hydrogens (tertiary/aromatic N) is 1. The molecule has 0 aliphatic carbocycles. The molecule has 0 unspecified atom stereocenters. The summed E-state index contributed by atoms with van der Waals surface area (Å²) in [6, 6.07) is 14.3. The Balaban J connectivity index is 1.81. The van der Waals surface area contributed by atoms with Gasteiger partial charge in [0.05, 0.1) is 11.4 Å². The van der Waals surface area contributed by atoms with Gasteiger partial charge >= 0.3 is 0 Å². The molecule has 0 saturated carbocycles. The molecule has 0 atom stereocenters. The van der Waals surface area contributed by atoms with Crippen LogP contribution in [0.2, 0.25) is 0 Å². The predicted octanol–water partition coefficient (Wildman–Crippen LogP) is 4.23. The minimum atomic E-state index is -0.304. The molecule has 1 N–H and O–H groups in total. The van der Waals surface area contributed by atoms with E-state index in [4.69, 9.17) is 0 Å². The number of phenolic OH excluding ortho intramolecular Hbond substituents is 1. The van der Waals surface area contributed by atoms with Gasteiger partial charge in [0, 0.05) is 3.57 Å². The van der Waals surface area contributed by atoms with Crippen LogP contribution in [-0.2, 0) is 11.3 Å². The molecule has 0 radical (unpaired) electrons. The number of carbonyl (C=O) groups excluding carboxylic acids is 2. The van der Waals surface area contributed by atoms with E-state index in [0.717, 1.165) is 20.9 Å². The fourth-order valence-electron chi connectivity index (χ4n) is 2.17. The Morgan fingerprint density at radius 2 is 1.87 bits per heavy atom. The van der Waals surface area contributed by atoms with Gasteiger partial charge in [-0.1, -0.05) is 24.3 Å². The topological polar surface area (TPSA) is 57.6 Å². The molecule has 2 aromatic rings. The molecule has 4 nitrogen and oxygen atoms in total. The number of imide groups is 1. The van der Waals surface area contributed by atoms with E-state index in [-0.39, 0.29) is 23.4 Å². The van der Waals surface area contributed by atoms with Crippen molar-refractivity contribution >= 4 is 51.6 Å². The number of thioether (sulfide) groups is 1. The summed E-state index contributed by atoms with van der Waals surface area (Å²) in [6.07, 6.45) is 1.62. The molecule has 23 heavy (non-hydrogen) atoms. The van der Waals surface area contributed by atoms with Crippen LogP contribution in [0.5, 0.6) is 5.75 Å². The summed E-state index contributed by atoms with van der Waals surface area (Å²) in [4.78, 5) is 26.1. The molecule has 1 saturated heterocycles. The van der Waals surface area contributed by atoms with Gasteiger partial charge in [0.15, 0.2) is 0 Å². The quantitative estimate of drug-likeness (QED) is 0.577. The largest absolute Gasteiger partial charge is 0.508 e. The van der Waals surface area contributed by atoms with Crippen LogP contribution in [0.15, 0.2) is 53.4 Å². The summed E-state index contributed by atoms with van der Waals surface area (Å²) in [5.41, 5.74) is 1.59. The maximum Gasteiger partial charge on any atom is 0.293 e. The van der Waals surface area contributed by atoms with Crippen molar-refractivity contribution in [2.24, 2.45) is 0 Å². The van der Waals surface area contributed by atoms with Crippen LogP contribution in [0.25, 0.3) is 6.08 Å². The number of hydrogen-bond donors (Lipinski definition) is 1. The molecule has 1 fully saturated rings. The van der Waals surface area contributed by atoms with E-state index in [1.807, 2.05) is 24.3 Å². The first-order chi connectivity index (χ1) is 11.0. The lowest BCUT2D eigenvalue weighted by atomic mass is 10.2. The summed E-state index contributed by atoms with van der Waals surface area (Å²) in [6.45, 7) is 0.263. The minimum absolute atomic E-state index is 0.122. The number of amides is 2. The summed E-state index contributed by atoms with van der Waals surface area (Å²) >= 11 is 3.13. The van der Waals surface area contributed by atoms with Crippen LogP contribution in [0.1, 0.15) is 11.1 Å². The van der Waals surface area contributed by atoms with E-state index in [1.165, 1.54) is 4.90 Å². The summed E-state index contributed by atoms with van der Waals surface area (Å²) in [5.74, 6) is -0.182. The molecular weight excluding hydrogens is 425 g/mol. The van der Waals surface area contributed by atoms with Crippen molar-refractivity contribution in [2.75, 3.05) is 0 Å². The molecule has 2 aromatic carbocycles. The van der Waals surface area contributed by atoms with Gasteiger partial charge in [0.1, 0.15) is 5.75 Å². The Bertz CT molecular complexity index is 802. The maximum absolute atomic E-state index is 12.4. The number of rotatable bonds is 3. The lowest BCUT2D eigenvalue weighted by molar-refractivity contribution is -0.123. The summed E-state index contributed by atoms with van der Waals surface area (Å²) < 4.78 is 1.10. The highest BCUT2D eigenvalue weighted by molar-refractivity contribution is 14.1. The van der Waals surface area contributed by atoms with Crippen LogP contribution in [0.4, 0.5) is 4.79 Å². The molecule has 0 bridgehead atoms. The highest BCUT2D eigenvalue weighted by Crippen LogP contribution is 2.33. The molecule has 6 heteroatoms. The molecule has 0 spiro atoms. The van der Waals surface area contributed by atoms with Crippen LogP contribution in [0, 0.1) is 3.57 Å². The Morgan fingerprint density at radius 1 is 1.13 bits per heavy atom. The third kappa shape index (κ3) is 3.76. The van der Waals surface area contributed by atoms with Crippen molar-refractivity contribution in [3.8, 4) is 5.75 Å². The Kier molecular flexibility index (Phi) is 4.72. The minimum Gasteiger partial charge on any atom is -0.508 e. The number of phenols is 1. The molecular formula is C17H12INO3S. The third-order valence-electron chi connectivity index (χ3n) is 3.30. The van der Waals surface area contributed by atoms with Crippen molar-refractivity contribution in [3.05, 3.63) is 68.1 Å². The predicted molar refractivity (Wildman–Crippen MR) is 98.8 cm³/mol. The van der Waals surface area contributed by atoms with Crippen molar-refractivity contribution in [2.45, 2.75) is 6.54 Å². The molecule has 1 heterocycles. The Labute approximate surface area is 151 Å². The van der Waals surface area contributed by atoms with E-state index >= 15 is 0 Å². The Morgan fingerprint density at radius 3 is 2.57 bits per heavy atom. The second kappa shape index (κ2) is 6.76. The number of benzene rings is 2. The first kappa shape index (κ1) is 16.1. The van der Waals surface area contributed by atoms with Crippen molar-refractivity contribution in [1.82, 2.24) is 4.90 Å². The van der Waals surface area contributed by atoms with Gasteiger partial charge in [-0.25, -0.2) is 0 Å². The lowest BCUT2D eigenvalue weighted by Crippen LogP contribution is -2.27. The van der Waals surface area contributed by atoms with Crippen LogP contribution >= 0.6 is 34.4 Å². The smallest absolute Gasteiger partial charge is 0.293 e. The molecule has 1 aliphatic heterocycles. The number of aromatic hydroxyl groups is 1. The summed E-state index contributed by atoms with van der Waals surface area (Å²) in [5, 5.41) is 9.20. The monoisotopic (exact) mass is 437 g/mol. The number of carbonyl (C=O) groups is 2. The number of hydrogen-bond acceptors (Lipinski definition) is 4. The van der Waals surface area contributed by atoms with Gasteiger partial charge in [0.2, 0.25) is 0 Å². The van der Waals surface area contributed by atoms with Crippen molar-refractivity contribution < 1.29 is 14.7 Å². The fraction of sp³-hybridized carbons (Fsp3) is 0.0588. The second-order valence-electron chi connectivity index (χ2n) is 4.99. The van der Waals surface area contributed by atoms with E-state index in [9.17, 15) is 14.7 Å². The highest BCUT2D eigenvalue weighted by Gasteiger charge is 2.34. The van der Waals surface area contributed by atoms with Crippen molar-refractivity contribution in [1.29, 1.82) is 0 Å². The molecule has 2 amide bonds. The first-order valence-corrected chi connectivity index (χ1v) is 8.71. The SMILES string of the molecule is O=C1S/C(=C/c2cccc(O)c2)C(=O)N1Cc1ccc(I)cc1. The van der Waals surface area contributed by atoms with Crippen LogP contribution in [0.3, 0.4) is 0 Å². The average Bonchev–Trinajstić information content (AvgIpc) is 2.77. The van der Waals surface area contributed by atoms with Crippen LogP contribution in [-0.4, -0.2) is 21.2 Å². The van der Waals surface area contributed by atoms with Crippen molar-refractivity contribution in [3.63, 3.8) is 0 Å². The van der Waals surface area contributed by atoms with E-state index in [2.05, 4.69) is 22.6 Å². The normalized spacial score (nSPS) is 16.4. The van der Waals surface area contributed by atoms with Crippen LogP contribution < -0.4 is 0 Å². The maximum atomic E-state index is 12.4. The zero-order chi connectivity index (χ0) is 16.4. The molecule has 0 aromatic heterocycles. The van der Waals surface area contributed by atoms with Gasteiger partial charge in [-0.3, -0.25) is 14.5 Å². The van der Waals surface area contributed by atoms with Gasteiger partial charge in [-0.05, 0) is 75.8 Å². The van der Waals surface area contributed by atoms with E-state index in [1.54, 1.807) is 30.3 Å². The standard InChI is InChI=1S/C17H12INO3S/c18-13-6-4-11(5-7-13)10-19-16(21)15(23-17(19)22)9-12-2-1-3-14(20)8-12/h1-9,20H,10H2/b15-9+. The number of halogens is 1. The summed E-state index contributed by atoms with van der Waals surface area (Å²) in [7, 11) is 0. The zero-order valence-electron chi connectivity index (χ0n) is 11.9. The lowest BCUT2D eigenvalue weighted by Gasteiger charge is -2.12. The third-order valence-corrected chi connectivity index (χ3v) is 4.92. The molecule has 1 aliphatic rings. The second-order valence-corrected chi connectivity index (χ2v) is 7.23. The Hall–Kier alpha value is -1.80. The zero-order valence-corrected chi connectivity index (χ0v) is 14.9.